The molecule has 1 aromatic carbocycles. The van der Waals surface area contributed by atoms with Crippen molar-refractivity contribution in [3.8, 4) is 11.5 Å². The maximum absolute atomic E-state index is 13.3. The van der Waals surface area contributed by atoms with Crippen molar-refractivity contribution in [1.82, 2.24) is 10.2 Å². The second-order valence-electron chi connectivity index (χ2n) is 9.52. The van der Waals surface area contributed by atoms with E-state index in [0.29, 0.717) is 58.8 Å². The van der Waals surface area contributed by atoms with Gasteiger partial charge in [0, 0.05) is 44.7 Å². The van der Waals surface area contributed by atoms with Crippen LogP contribution in [0.25, 0.3) is 0 Å². The fraction of sp³-hybridized carbons (Fsp3) is 0.630. The second kappa shape index (κ2) is 16.2. The van der Waals surface area contributed by atoms with E-state index in [2.05, 4.69) is 27.9 Å². The fourth-order valence-electron chi connectivity index (χ4n) is 4.32. The van der Waals surface area contributed by atoms with Gasteiger partial charge in [-0.05, 0) is 65.6 Å². The number of nitrogens with one attached hydrogen (secondary N) is 1. The summed E-state index contributed by atoms with van der Waals surface area (Å²) >= 11 is 2.06. The van der Waals surface area contributed by atoms with Gasteiger partial charge >= 0.3 is 0 Å². The summed E-state index contributed by atoms with van der Waals surface area (Å²) in [6.45, 7) is 6.89. The third-order valence-corrected chi connectivity index (χ3v) is 6.94. The third kappa shape index (κ3) is 9.08. The van der Waals surface area contributed by atoms with Gasteiger partial charge in [0.05, 0.1) is 29.9 Å². The second-order valence-corrected chi connectivity index (χ2v) is 10.7. The van der Waals surface area contributed by atoms with Crippen molar-refractivity contribution >= 4 is 34.4 Å². The van der Waals surface area contributed by atoms with Gasteiger partial charge in [-0.3, -0.25) is 9.59 Å². The molecule has 4 N–H and O–H groups in total. The van der Waals surface area contributed by atoms with E-state index in [1.807, 2.05) is 20.8 Å². The highest BCUT2D eigenvalue weighted by Crippen LogP contribution is 2.37. The Balaban J connectivity index is 2.47. The van der Waals surface area contributed by atoms with E-state index < -0.39 is 24.2 Å². The van der Waals surface area contributed by atoms with Gasteiger partial charge in [0.25, 0.3) is 0 Å². The zero-order valence-electron chi connectivity index (χ0n) is 22.6. The molecule has 0 heterocycles. The first-order valence-electron chi connectivity index (χ1n) is 13.0. The van der Waals surface area contributed by atoms with Crippen LogP contribution in [-0.4, -0.2) is 90.3 Å². The van der Waals surface area contributed by atoms with Gasteiger partial charge < -0.3 is 39.7 Å². The average Bonchev–Trinajstić information content (AvgIpc) is 2.88. The molecule has 2 rings (SSSR count). The molecule has 0 aliphatic heterocycles. The predicted molar refractivity (Wildman–Crippen MR) is 151 cm³/mol. The number of carbonyl (C=O) groups excluding carboxylic acids is 2. The number of benzene rings is 1. The number of hydrogen-bond acceptors (Lipinski definition) is 8. The molecule has 0 unspecified atom stereocenters. The lowest BCUT2D eigenvalue weighted by molar-refractivity contribution is -0.139. The minimum absolute atomic E-state index is 0.0770. The van der Waals surface area contributed by atoms with E-state index in [-0.39, 0.29) is 38.0 Å². The van der Waals surface area contributed by atoms with Crippen LogP contribution < -0.4 is 14.8 Å². The molecule has 11 heteroatoms. The fourth-order valence-corrected chi connectivity index (χ4v) is 5.11. The molecule has 1 aromatic rings. The van der Waals surface area contributed by atoms with Crippen LogP contribution in [0.3, 0.4) is 0 Å². The van der Waals surface area contributed by atoms with Gasteiger partial charge in [-0.15, -0.1) is 0 Å². The van der Waals surface area contributed by atoms with Gasteiger partial charge in [-0.1, -0.05) is 13.8 Å². The maximum Gasteiger partial charge on any atom is 0.247 e. The quantitative estimate of drug-likeness (QED) is 0.168. The summed E-state index contributed by atoms with van der Waals surface area (Å²) in [6.07, 6.45) is 0.477. The summed E-state index contributed by atoms with van der Waals surface area (Å²) in [5.74, 6) is 0.337. The standard InChI is InChI=1S/C27H41IN2O8/c1-5-37-10-6-8-30(24(33)11-17(2)3)21-14-19(27(35)29-7-9-31)15-22(25(21)34)38-26-20(28)12-18(16-32)13-23(26)36-4/h12-13,15,17,21-22,25,31-32,34H,5-11,14,16H2,1-4H3,(H,29,35)/t21-,22+,25+/m1/s1. The number of methoxy groups -OCH3 is 1. The Labute approximate surface area is 238 Å². The summed E-state index contributed by atoms with van der Waals surface area (Å²) < 4.78 is 17.9. The topological polar surface area (TPSA) is 138 Å². The van der Waals surface area contributed by atoms with Crippen molar-refractivity contribution in [3.05, 3.63) is 32.9 Å². The molecule has 2 amide bonds. The first-order chi connectivity index (χ1) is 18.2. The first kappa shape index (κ1) is 32.3. The lowest BCUT2D eigenvalue weighted by Crippen LogP contribution is -2.55. The number of nitrogens with zero attached hydrogens (tertiary/aromatic N) is 1. The molecule has 0 radical (unpaired) electrons. The van der Waals surface area contributed by atoms with E-state index in [4.69, 9.17) is 14.2 Å². The Kier molecular flexibility index (Phi) is 13.8. The van der Waals surface area contributed by atoms with Crippen LogP contribution in [0.15, 0.2) is 23.8 Å². The molecule has 0 spiro atoms. The maximum atomic E-state index is 13.3. The van der Waals surface area contributed by atoms with Crippen LogP contribution in [0.1, 0.15) is 45.6 Å². The highest BCUT2D eigenvalue weighted by atomic mass is 127. The van der Waals surface area contributed by atoms with Crippen LogP contribution in [0.4, 0.5) is 0 Å². The molecule has 0 bridgehead atoms. The van der Waals surface area contributed by atoms with E-state index in [9.17, 15) is 24.9 Å². The van der Waals surface area contributed by atoms with Crippen LogP contribution in [0.2, 0.25) is 0 Å². The van der Waals surface area contributed by atoms with Gasteiger partial charge in [0.2, 0.25) is 11.8 Å². The normalized spacial score (nSPS) is 19.2. The lowest BCUT2D eigenvalue weighted by Gasteiger charge is -2.41. The Morgan fingerprint density at radius 2 is 2.00 bits per heavy atom. The molecular weight excluding hydrogens is 607 g/mol. The van der Waals surface area contributed by atoms with Crippen LogP contribution >= 0.6 is 22.6 Å². The number of hydrogen-bond donors (Lipinski definition) is 4. The van der Waals surface area contributed by atoms with Crippen LogP contribution in [0, 0.1) is 9.49 Å². The summed E-state index contributed by atoms with van der Waals surface area (Å²) in [5, 5.41) is 32.9. The van der Waals surface area contributed by atoms with Gasteiger partial charge in [0.15, 0.2) is 11.5 Å². The zero-order chi connectivity index (χ0) is 28.2. The van der Waals surface area contributed by atoms with Gasteiger partial charge in [-0.25, -0.2) is 0 Å². The van der Waals surface area contributed by atoms with Crippen molar-refractivity contribution < 1.29 is 39.1 Å². The van der Waals surface area contributed by atoms with Crippen LogP contribution in [-0.2, 0) is 20.9 Å². The summed E-state index contributed by atoms with van der Waals surface area (Å²) in [7, 11) is 1.48. The minimum atomic E-state index is -1.13. The largest absolute Gasteiger partial charge is 0.493 e. The minimum Gasteiger partial charge on any atom is -0.493 e. The Morgan fingerprint density at radius 3 is 2.61 bits per heavy atom. The van der Waals surface area contributed by atoms with Gasteiger partial charge in [0.1, 0.15) is 12.2 Å². The Bertz CT molecular complexity index is 955. The number of halogens is 1. The monoisotopic (exact) mass is 648 g/mol. The molecule has 1 aliphatic rings. The lowest BCUT2D eigenvalue weighted by atomic mass is 9.87. The molecule has 214 valence electrons. The number of carbonyl (C=O) groups is 2. The molecule has 3 atom stereocenters. The smallest absolute Gasteiger partial charge is 0.247 e. The number of rotatable bonds is 15. The van der Waals surface area contributed by atoms with Gasteiger partial charge in [-0.2, -0.15) is 0 Å². The summed E-state index contributed by atoms with van der Waals surface area (Å²) in [6, 6.07) is 2.68. The van der Waals surface area contributed by atoms with Crippen molar-refractivity contribution in [2.75, 3.05) is 40.0 Å². The zero-order valence-corrected chi connectivity index (χ0v) is 24.8. The highest BCUT2D eigenvalue weighted by molar-refractivity contribution is 14.1. The molecule has 10 nitrogen and oxygen atoms in total. The van der Waals surface area contributed by atoms with Crippen molar-refractivity contribution in [1.29, 1.82) is 0 Å². The summed E-state index contributed by atoms with van der Waals surface area (Å²) in [4.78, 5) is 27.9. The van der Waals surface area contributed by atoms with Crippen LogP contribution in [0.5, 0.6) is 11.5 Å². The number of ether oxygens (including phenoxy) is 3. The number of aliphatic hydroxyl groups excluding tert-OH is 3. The molecule has 38 heavy (non-hydrogen) atoms. The SMILES string of the molecule is CCOCCCN(C(=O)CC(C)C)[C@@H]1CC(C(=O)NCCO)=C[C@H](Oc2c(I)cc(CO)cc2OC)[C@H]1O. The molecule has 1 aliphatic carbocycles. The number of amides is 2. The molecule has 0 aromatic heterocycles. The highest BCUT2D eigenvalue weighted by Gasteiger charge is 2.40. The summed E-state index contributed by atoms with van der Waals surface area (Å²) in [5.41, 5.74) is 0.992. The first-order valence-corrected chi connectivity index (χ1v) is 14.0. The van der Waals surface area contributed by atoms with E-state index >= 15 is 0 Å². The van der Waals surface area contributed by atoms with Crippen molar-refractivity contribution in [2.24, 2.45) is 5.92 Å². The molecule has 0 saturated heterocycles. The predicted octanol–water partition coefficient (Wildman–Crippen LogP) is 2.01. The Morgan fingerprint density at radius 1 is 1.26 bits per heavy atom. The third-order valence-electron chi connectivity index (χ3n) is 6.14. The van der Waals surface area contributed by atoms with E-state index in [1.165, 1.54) is 7.11 Å². The van der Waals surface area contributed by atoms with Crippen molar-refractivity contribution in [3.63, 3.8) is 0 Å². The van der Waals surface area contributed by atoms with Crippen molar-refractivity contribution in [2.45, 2.75) is 64.9 Å². The molecular formula is C27H41IN2O8. The van der Waals surface area contributed by atoms with E-state index in [1.54, 1.807) is 23.1 Å². The Hall–Kier alpha value is -1.93. The molecule has 0 fully saturated rings. The number of aliphatic hydroxyl groups is 3. The van der Waals surface area contributed by atoms with E-state index in [0.717, 1.165) is 0 Å². The molecule has 0 saturated carbocycles. The average molecular weight is 649 g/mol.